The van der Waals surface area contributed by atoms with Crippen LogP contribution in [0.4, 0.5) is 5.69 Å². The second kappa shape index (κ2) is 5.47. The van der Waals surface area contributed by atoms with Gasteiger partial charge in [-0.05, 0) is 65.9 Å². The van der Waals surface area contributed by atoms with Crippen molar-refractivity contribution >= 4 is 50.9 Å². The molecule has 0 aliphatic heterocycles. The van der Waals surface area contributed by atoms with Gasteiger partial charge in [-0.25, -0.2) is 4.98 Å². The van der Waals surface area contributed by atoms with E-state index in [2.05, 4.69) is 27.6 Å². The number of aliphatic hydroxyl groups excluding tert-OH is 1. The summed E-state index contributed by atoms with van der Waals surface area (Å²) in [5, 5.41) is 10.7. The monoisotopic (exact) mass is 413 g/mol. The first-order valence-corrected chi connectivity index (χ1v) is 7.84. The molecule has 1 unspecified atom stereocenters. The largest absolute Gasteiger partial charge is 0.399 e. The van der Waals surface area contributed by atoms with E-state index in [-0.39, 0.29) is 0 Å². The van der Waals surface area contributed by atoms with E-state index in [0.717, 1.165) is 20.3 Å². The topological polar surface area (TPSA) is 64.1 Å². The summed E-state index contributed by atoms with van der Waals surface area (Å²) in [6.07, 6.45) is -0.690. The Morgan fingerprint density at radius 2 is 2.05 bits per heavy atom. The number of aromatic nitrogens is 2. The quantitative estimate of drug-likeness (QED) is 0.494. The summed E-state index contributed by atoms with van der Waals surface area (Å²) in [5.74, 6) is 0.579. The Bertz CT molecular complexity index is 829. The lowest BCUT2D eigenvalue weighted by Crippen LogP contribution is -2.06. The van der Waals surface area contributed by atoms with Crippen molar-refractivity contribution in [1.82, 2.24) is 9.55 Å². The van der Waals surface area contributed by atoms with E-state index >= 15 is 0 Å². The van der Waals surface area contributed by atoms with Crippen molar-refractivity contribution in [3.8, 4) is 5.69 Å². The van der Waals surface area contributed by atoms with E-state index < -0.39 is 6.10 Å². The molecule has 21 heavy (non-hydrogen) atoms. The number of aliphatic hydroxyl groups is 1. The van der Waals surface area contributed by atoms with E-state index in [4.69, 9.17) is 17.3 Å². The first-order valence-electron chi connectivity index (χ1n) is 6.38. The summed E-state index contributed by atoms with van der Waals surface area (Å²) in [6, 6.07) is 11.2. The lowest BCUT2D eigenvalue weighted by molar-refractivity contribution is 0.187. The molecule has 3 N–H and O–H groups in total. The number of anilines is 1. The molecule has 2 aromatic carbocycles. The highest BCUT2D eigenvalue weighted by Gasteiger charge is 2.18. The number of halogens is 2. The molecule has 0 amide bonds. The van der Waals surface area contributed by atoms with Crippen LogP contribution in [0.3, 0.4) is 0 Å². The van der Waals surface area contributed by atoms with Gasteiger partial charge >= 0.3 is 0 Å². The lowest BCUT2D eigenvalue weighted by atomic mass is 10.2. The summed E-state index contributed by atoms with van der Waals surface area (Å²) in [6.45, 7) is 1.70. The second-order valence-electron chi connectivity index (χ2n) is 4.83. The fourth-order valence-corrected chi connectivity index (χ4v) is 3.42. The van der Waals surface area contributed by atoms with Crippen LogP contribution >= 0.6 is 34.2 Å². The van der Waals surface area contributed by atoms with Gasteiger partial charge in [-0.2, -0.15) is 0 Å². The molecular weight excluding hydrogens is 401 g/mol. The second-order valence-corrected chi connectivity index (χ2v) is 6.42. The molecule has 6 heteroatoms. The van der Waals surface area contributed by atoms with Crippen LogP contribution in [0.5, 0.6) is 0 Å². The Kier molecular flexibility index (Phi) is 3.81. The smallest absolute Gasteiger partial charge is 0.143 e. The van der Waals surface area contributed by atoms with Gasteiger partial charge in [-0.1, -0.05) is 11.6 Å². The van der Waals surface area contributed by atoms with Gasteiger partial charge in [0.2, 0.25) is 0 Å². The molecular formula is C15H13ClIN3O. The van der Waals surface area contributed by atoms with Crippen LogP contribution in [-0.2, 0) is 0 Å². The van der Waals surface area contributed by atoms with Gasteiger partial charge in [0.25, 0.3) is 0 Å². The van der Waals surface area contributed by atoms with E-state index in [1.54, 1.807) is 13.0 Å². The molecule has 3 aromatic rings. The van der Waals surface area contributed by atoms with E-state index in [9.17, 15) is 5.11 Å². The summed E-state index contributed by atoms with van der Waals surface area (Å²) in [4.78, 5) is 4.51. The molecule has 3 rings (SSSR count). The van der Waals surface area contributed by atoms with Crippen molar-refractivity contribution in [3.05, 3.63) is 50.8 Å². The molecule has 1 aromatic heterocycles. The third kappa shape index (κ3) is 2.61. The Labute approximate surface area is 140 Å². The number of benzene rings is 2. The molecule has 0 aliphatic rings. The first-order chi connectivity index (χ1) is 9.97. The highest BCUT2D eigenvalue weighted by Crippen LogP contribution is 2.30. The molecule has 0 radical (unpaired) electrons. The maximum atomic E-state index is 10.0. The third-order valence-electron chi connectivity index (χ3n) is 3.23. The lowest BCUT2D eigenvalue weighted by Gasteiger charge is -2.13. The molecule has 108 valence electrons. The maximum absolute atomic E-state index is 10.0. The van der Waals surface area contributed by atoms with Crippen LogP contribution in [0.15, 0.2) is 36.4 Å². The third-order valence-corrected chi connectivity index (χ3v) is 4.33. The van der Waals surface area contributed by atoms with Crippen molar-refractivity contribution in [2.75, 3.05) is 5.73 Å². The van der Waals surface area contributed by atoms with Crippen molar-refractivity contribution in [2.24, 2.45) is 0 Å². The maximum Gasteiger partial charge on any atom is 0.143 e. The molecule has 4 nitrogen and oxygen atoms in total. The van der Waals surface area contributed by atoms with Crippen LogP contribution < -0.4 is 5.73 Å². The SMILES string of the molecule is CC(O)c1nc2cc(N)ccc2n1-c1ccc(Cl)cc1I. The fourth-order valence-electron chi connectivity index (χ4n) is 2.31. The first kappa shape index (κ1) is 14.6. The predicted molar refractivity (Wildman–Crippen MR) is 93.8 cm³/mol. The zero-order valence-corrected chi connectivity index (χ0v) is 14.1. The minimum Gasteiger partial charge on any atom is -0.399 e. The van der Waals surface area contributed by atoms with Crippen molar-refractivity contribution < 1.29 is 5.11 Å². The van der Waals surface area contributed by atoms with E-state index in [1.807, 2.05) is 34.9 Å². The Hall–Kier alpha value is -1.31. The zero-order valence-electron chi connectivity index (χ0n) is 11.2. The predicted octanol–water partition coefficient (Wildman–Crippen LogP) is 3.92. The minimum atomic E-state index is -0.690. The fraction of sp³-hybridized carbons (Fsp3) is 0.133. The van der Waals surface area contributed by atoms with Crippen molar-refractivity contribution in [2.45, 2.75) is 13.0 Å². The number of nitrogens with two attached hydrogens (primary N) is 1. The summed E-state index contributed by atoms with van der Waals surface area (Å²) in [7, 11) is 0. The number of hydrogen-bond acceptors (Lipinski definition) is 3. The van der Waals surface area contributed by atoms with Gasteiger partial charge < -0.3 is 10.8 Å². The molecule has 0 saturated heterocycles. The summed E-state index contributed by atoms with van der Waals surface area (Å²) >= 11 is 8.25. The highest BCUT2D eigenvalue weighted by molar-refractivity contribution is 14.1. The average molecular weight is 414 g/mol. The number of nitrogen functional groups attached to an aromatic ring is 1. The highest BCUT2D eigenvalue weighted by atomic mass is 127. The molecule has 0 spiro atoms. The number of imidazole rings is 1. The van der Waals surface area contributed by atoms with E-state index in [1.165, 1.54) is 0 Å². The zero-order chi connectivity index (χ0) is 15.1. The van der Waals surface area contributed by atoms with Crippen LogP contribution in [0.1, 0.15) is 18.9 Å². The Balaban J connectivity index is 2.36. The number of rotatable bonds is 2. The molecule has 1 heterocycles. The van der Waals surface area contributed by atoms with Crippen LogP contribution in [0.2, 0.25) is 5.02 Å². The number of nitrogens with zero attached hydrogens (tertiary/aromatic N) is 2. The minimum absolute atomic E-state index is 0.579. The number of fused-ring (bicyclic) bond motifs is 1. The normalized spacial score (nSPS) is 12.8. The van der Waals surface area contributed by atoms with E-state index in [0.29, 0.717) is 16.5 Å². The molecule has 0 saturated carbocycles. The Morgan fingerprint density at radius 3 is 2.71 bits per heavy atom. The summed E-state index contributed by atoms with van der Waals surface area (Å²) in [5.41, 5.74) is 9.06. The molecule has 0 bridgehead atoms. The van der Waals surface area contributed by atoms with Gasteiger partial charge in [-0.15, -0.1) is 0 Å². The summed E-state index contributed by atoms with van der Waals surface area (Å²) < 4.78 is 2.93. The van der Waals surface area contributed by atoms with Crippen LogP contribution in [0, 0.1) is 3.57 Å². The van der Waals surface area contributed by atoms with Gasteiger partial charge in [0.15, 0.2) is 0 Å². The van der Waals surface area contributed by atoms with Crippen LogP contribution in [0.25, 0.3) is 16.7 Å². The van der Waals surface area contributed by atoms with Gasteiger partial charge in [0, 0.05) is 14.3 Å². The number of hydrogen-bond donors (Lipinski definition) is 2. The van der Waals surface area contributed by atoms with Crippen LogP contribution in [-0.4, -0.2) is 14.7 Å². The van der Waals surface area contributed by atoms with Gasteiger partial charge in [-0.3, -0.25) is 4.57 Å². The molecule has 0 aliphatic carbocycles. The molecule has 0 fully saturated rings. The standard InChI is InChI=1S/C15H13ClIN3O/c1-8(21)15-19-12-7-10(18)3-5-14(12)20(15)13-4-2-9(16)6-11(13)17/h2-8,21H,18H2,1H3. The Morgan fingerprint density at radius 1 is 1.29 bits per heavy atom. The average Bonchev–Trinajstić information content (AvgIpc) is 2.77. The van der Waals surface area contributed by atoms with Gasteiger partial charge in [0.1, 0.15) is 11.9 Å². The van der Waals surface area contributed by atoms with Crippen molar-refractivity contribution in [3.63, 3.8) is 0 Å². The van der Waals surface area contributed by atoms with Crippen molar-refractivity contribution in [1.29, 1.82) is 0 Å². The molecule has 1 atom stereocenters. The van der Waals surface area contributed by atoms with Gasteiger partial charge in [0.05, 0.1) is 16.7 Å².